The van der Waals surface area contributed by atoms with Gasteiger partial charge in [0.15, 0.2) is 0 Å². The molecule has 0 fully saturated rings. The minimum atomic E-state index is -1.06. The van der Waals surface area contributed by atoms with Gasteiger partial charge in [-0.3, -0.25) is 4.79 Å². The van der Waals surface area contributed by atoms with Crippen molar-refractivity contribution in [2.24, 2.45) is 0 Å². The van der Waals surface area contributed by atoms with E-state index in [-0.39, 0.29) is 5.92 Å². The van der Waals surface area contributed by atoms with E-state index in [1.165, 1.54) is 6.20 Å². The Balaban J connectivity index is 2.42. The molecule has 24 heavy (non-hydrogen) atoms. The van der Waals surface area contributed by atoms with E-state index in [2.05, 4.69) is 10.4 Å². The largest absolute Gasteiger partial charge is 0.480 e. The van der Waals surface area contributed by atoms with E-state index < -0.39 is 17.9 Å². The molecule has 1 unspecified atom stereocenters. The molecule has 0 saturated carbocycles. The maximum atomic E-state index is 12.5. The van der Waals surface area contributed by atoms with Crippen LogP contribution in [-0.2, 0) is 4.79 Å². The molecule has 2 aromatic rings. The summed E-state index contributed by atoms with van der Waals surface area (Å²) >= 11 is 6.03. The zero-order chi connectivity index (χ0) is 17.9. The number of nitrogens with zero attached hydrogens (tertiary/aromatic N) is 2. The Morgan fingerprint density at radius 1 is 1.38 bits per heavy atom. The van der Waals surface area contributed by atoms with Gasteiger partial charge < -0.3 is 10.4 Å². The molecular weight excluding hydrogens is 330 g/mol. The average Bonchev–Trinajstić information content (AvgIpc) is 2.97. The van der Waals surface area contributed by atoms with Gasteiger partial charge in [0.25, 0.3) is 5.91 Å². The van der Waals surface area contributed by atoms with Crippen LogP contribution in [0.4, 0.5) is 0 Å². The molecule has 0 radical (unpaired) electrons. The van der Waals surface area contributed by atoms with Gasteiger partial charge in [0.05, 0.1) is 23.1 Å². The Hall–Kier alpha value is -2.34. The van der Waals surface area contributed by atoms with Gasteiger partial charge in [-0.25, -0.2) is 9.48 Å². The molecule has 2 rings (SSSR count). The van der Waals surface area contributed by atoms with Crippen LogP contribution in [0.15, 0.2) is 30.5 Å². The third-order valence-electron chi connectivity index (χ3n) is 3.66. The van der Waals surface area contributed by atoms with Crippen LogP contribution in [0.3, 0.4) is 0 Å². The van der Waals surface area contributed by atoms with E-state index in [0.717, 1.165) is 5.69 Å². The standard InChI is InChI=1S/C17H20ClN3O3/c1-4-14(17(23)24)20-16(22)13-9-19-21(15(13)10(2)3)12-7-5-6-11(18)8-12/h5-10,14H,4H2,1-3H3,(H,20,22)(H,23,24). The summed E-state index contributed by atoms with van der Waals surface area (Å²) in [6.45, 7) is 5.60. The number of rotatable bonds is 6. The number of carbonyl (C=O) groups is 2. The second kappa shape index (κ2) is 7.49. The number of carbonyl (C=O) groups excluding carboxylic acids is 1. The Kier molecular flexibility index (Phi) is 5.62. The Bertz CT molecular complexity index is 755. The Morgan fingerprint density at radius 3 is 2.62 bits per heavy atom. The number of carboxylic acid groups (broad SMARTS) is 1. The number of carboxylic acids is 1. The summed E-state index contributed by atoms with van der Waals surface area (Å²) in [4.78, 5) is 23.6. The first-order valence-electron chi connectivity index (χ1n) is 7.72. The van der Waals surface area contributed by atoms with E-state index in [4.69, 9.17) is 16.7 Å². The molecule has 1 aromatic carbocycles. The monoisotopic (exact) mass is 349 g/mol. The number of halogens is 1. The Labute approximate surface area is 145 Å². The van der Waals surface area contributed by atoms with Crippen LogP contribution in [0.25, 0.3) is 5.69 Å². The van der Waals surface area contributed by atoms with Crippen molar-refractivity contribution >= 4 is 23.5 Å². The molecule has 6 nitrogen and oxygen atoms in total. The molecule has 1 atom stereocenters. The number of benzene rings is 1. The smallest absolute Gasteiger partial charge is 0.326 e. The molecule has 0 aliphatic carbocycles. The van der Waals surface area contributed by atoms with Gasteiger partial charge in [-0.2, -0.15) is 5.10 Å². The highest BCUT2D eigenvalue weighted by atomic mass is 35.5. The highest BCUT2D eigenvalue weighted by molar-refractivity contribution is 6.30. The summed E-state index contributed by atoms with van der Waals surface area (Å²) in [6, 6.07) is 6.25. The first-order valence-corrected chi connectivity index (χ1v) is 8.10. The van der Waals surface area contributed by atoms with Gasteiger partial charge in [-0.15, -0.1) is 0 Å². The second-order valence-corrected chi connectivity index (χ2v) is 6.20. The molecule has 2 N–H and O–H groups in total. The van der Waals surface area contributed by atoms with Gasteiger partial charge in [-0.1, -0.05) is 38.4 Å². The first-order chi connectivity index (χ1) is 11.3. The van der Waals surface area contributed by atoms with Crippen molar-refractivity contribution < 1.29 is 14.7 Å². The Morgan fingerprint density at radius 2 is 2.08 bits per heavy atom. The lowest BCUT2D eigenvalue weighted by atomic mass is 10.0. The number of aromatic nitrogens is 2. The van der Waals surface area contributed by atoms with Crippen molar-refractivity contribution in [1.82, 2.24) is 15.1 Å². The van der Waals surface area contributed by atoms with Crippen LogP contribution >= 0.6 is 11.6 Å². The summed E-state index contributed by atoms with van der Waals surface area (Å²) in [5.41, 5.74) is 1.82. The molecule has 0 aliphatic heterocycles. The lowest BCUT2D eigenvalue weighted by molar-refractivity contribution is -0.139. The van der Waals surface area contributed by atoms with Gasteiger partial charge in [-0.05, 0) is 30.5 Å². The van der Waals surface area contributed by atoms with E-state index in [9.17, 15) is 9.59 Å². The minimum Gasteiger partial charge on any atom is -0.480 e. The van der Waals surface area contributed by atoms with Crippen LogP contribution < -0.4 is 5.32 Å². The van der Waals surface area contributed by atoms with Gasteiger partial charge in [0.2, 0.25) is 0 Å². The number of hydrogen-bond acceptors (Lipinski definition) is 3. The number of aliphatic carboxylic acids is 1. The molecule has 1 amide bonds. The van der Waals surface area contributed by atoms with Crippen molar-refractivity contribution in [3.8, 4) is 5.69 Å². The summed E-state index contributed by atoms with van der Waals surface area (Å²) in [7, 11) is 0. The van der Waals surface area contributed by atoms with E-state index in [0.29, 0.717) is 22.7 Å². The average molecular weight is 350 g/mol. The zero-order valence-electron chi connectivity index (χ0n) is 13.8. The first kappa shape index (κ1) is 18.0. The summed E-state index contributed by atoms with van der Waals surface area (Å²) in [6.07, 6.45) is 1.76. The normalized spacial score (nSPS) is 12.2. The van der Waals surface area contributed by atoms with Crippen molar-refractivity contribution in [3.63, 3.8) is 0 Å². The molecule has 0 aliphatic rings. The predicted octanol–water partition coefficient (Wildman–Crippen LogP) is 3.24. The molecular formula is C17H20ClN3O3. The van der Waals surface area contributed by atoms with Crippen LogP contribution in [0, 0.1) is 0 Å². The van der Waals surface area contributed by atoms with Crippen molar-refractivity contribution in [1.29, 1.82) is 0 Å². The van der Waals surface area contributed by atoms with Crippen LogP contribution in [0.1, 0.15) is 49.2 Å². The van der Waals surface area contributed by atoms with Crippen LogP contribution in [0.2, 0.25) is 5.02 Å². The molecule has 1 heterocycles. The fraction of sp³-hybridized carbons (Fsp3) is 0.353. The van der Waals surface area contributed by atoms with E-state index >= 15 is 0 Å². The second-order valence-electron chi connectivity index (χ2n) is 5.76. The lowest BCUT2D eigenvalue weighted by Gasteiger charge is -2.15. The fourth-order valence-electron chi connectivity index (χ4n) is 2.48. The number of hydrogen-bond donors (Lipinski definition) is 2. The number of amides is 1. The minimum absolute atomic E-state index is 0.0112. The topological polar surface area (TPSA) is 84.2 Å². The lowest BCUT2D eigenvalue weighted by Crippen LogP contribution is -2.40. The fourth-order valence-corrected chi connectivity index (χ4v) is 2.66. The SMILES string of the molecule is CCC(NC(=O)c1cnn(-c2cccc(Cl)c2)c1C(C)C)C(=O)O. The predicted molar refractivity (Wildman–Crippen MR) is 91.8 cm³/mol. The third kappa shape index (κ3) is 3.76. The van der Waals surface area contributed by atoms with E-state index in [1.54, 1.807) is 29.8 Å². The molecule has 7 heteroatoms. The summed E-state index contributed by atoms with van der Waals surface area (Å²) in [5.74, 6) is -1.49. The summed E-state index contributed by atoms with van der Waals surface area (Å²) in [5, 5.41) is 16.5. The molecule has 0 spiro atoms. The highest BCUT2D eigenvalue weighted by Gasteiger charge is 2.24. The third-order valence-corrected chi connectivity index (χ3v) is 3.90. The maximum Gasteiger partial charge on any atom is 0.326 e. The molecule has 0 bridgehead atoms. The highest BCUT2D eigenvalue weighted by Crippen LogP contribution is 2.24. The van der Waals surface area contributed by atoms with Crippen molar-refractivity contribution in [2.45, 2.75) is 39.2 Å². The quantitative estimate of drug-likeness (QED) is 0.838. The molecule has 0 saturated heterocycles. The van der Waals surface area contributed by atoms with Crippen LogP contribution in [0.5, 0.6) is 0 Å². The van der Waals surface area contributed by atoms with Gasteiger partial charge in [0, 0.05) is 5.02 Å². The van der Waals surface area contributed by atoms with Gasteiger partial charge in [0.1, 0.15) is 6.04 Å². The summed E-state index contributed by atoms with van der Waals surface area (Å²) < 4.78 is 1.66. The van der Waals surface area contributed by atoms with E-state index in [1.807, 2.05) is 19.9 Å². The number of nitrogens with one attached hydrogen (secondary N) is 1. The van der Waals surface area contributed by atoms with Crippen molar-refractivity contribution in [2.75, 3.05) is 0 Å². The zero-order valence-corrected chi connectivity index (χ0v) is 14.5. The van der Waals surface area contributed by atoms with Gasteiger partial charge >= 0.3 is 5.97 Å². The maximum absolute atomic E-state index is 12.5. The van der Waals surface area contributed by atoms with Crippen LogP contribution in [-0.4, -0.2) is 32.8 Å². The molecule has 128 valence electrons. The van der Waals surface area contributed by atoms with Crippen molar-refractivity contribution in [3.05, 3.63) is 46.7 Å². The molecule has 1 aromatic heterocycles.